The van der Waals surface area contributed by atoms with E-state index in [2.05, 4.69) is 33.9 Å². The average Bonchev–Trinajstić information content (AvgIpc) is 2.25. The number of rotatable bonds is 5. The van der Waals surface area contributed by atoms with Crippen molar-refractivity contribution in [1.82, 2.24) is 0 Å². The summed E-state index contributed by atoms with van der Waals surface area (Å²) in [5.74, 6) is 0.236. The highest BCUT2D eigenvalue weighted by Gasteiger charge is 2.41. The van der Waals surface area contributed by atoms with E-state index in [-0.39, 0.29) is 23.0 Å². The quantitative estimate of drug-likeness (QED) is 0.718. The number of ketones is 1. The van der Waals surface area contributed by atoms with Gasteiger partial charge in [-0.1, -0.05) is 20.8 Å². The number of ether oxygens (including phenoxy) is 1. The lowest BCUT2D eigenvalue weighted by molar-refractivity contribution is -0.119. The molecule has 1 aliphatic rings. The Bertz CT molecular complexity index is 307. The van der Waals surface area contributed by atoms with E-state index in [1.807, 2.05) is 0 Å². The van der Waals surface area contributed by atoms with Crippen LogP contribution in [0.2, 0.25) is 18.1 Å². The fraction of sp³-hybridized carbons (Fsp3) is 0.933. The Morgan fingerprint density at radius 2 is 2.00 bits per heavy atom. The van der Waals surface area contributed by atoms with Crippen molar-refractivity contribution >= 4 is 14.1 Å². The third kappa shape index (κ3) is 5.01. The van der Waals surface area contributed by atoms with E-state index in [0.29, 0.717) is 6.42 Å². The second-order valence-electron chi connectivity index (χ2n) is 7.21. The molecule has 0 bridgehead atoms. The van der Waals surface area contributed by atoms with Gasteiger partial charge >= 0.3 is 0 Å². The summed E-state index contributed by atoms with van der Waals surface area (Å²) in [7, 11) is -1.76. The van der Waals surface area contributed by atoms with Crippen molar-refractivity contribution in [3.8, 4) is 0 Å². The van der Waals surface area contributed by atoms with Gasteiger partial charge in [0.05, 0.1) is 12.2 Å². The van der Waals surface area contributed by atoms with Crippen molar-refractivity contribution in [3.05, 3.63) is 0 Å². The molecule has 0 unspecified atom stereocenters. The van der Waals surface area contributed by atoms with Gasteiger partial charge in [-0.2, -0.15) is 0 Å². The average molecular weight is 286 g/mol. The Morgan fingerprint density at radius 1 is 1.37 bits per heavy atom. The molecule has 112 valence electrons. The topological polar surface area (TPSA) is 35.5 Å². The zero-order chi connectivity index (χ0) is 14.7. The lowest BCUT2D eigenvalue weighted by atomic mass is 10.0. The van der Waals surface area contributed by atoms with Gasteiger partial charge in [-0.05, 0) is 44.3 Å². The summed E-state index contributed by atoms with van der Waals surface area (Å²) in [6.07, 6.45) is 3.81. The zero-order valence-electron chi connectivity index (χ0n) is 13.4. The van der Waals surface area contributed by atoms with Crippen LogP contribution in [0.3, 0.4) is 0 Å². The summed E-state index contributed by atoms with van der Waals surface area (Å²) in [4.78, 5) is 11.1. The van der Waals surface area contributed by atoms with Crippen LogP contribution in [0.15, 0.2) is 0 Å². The normalized spacial score (nSPS) is 25.4. The van der Waals surface area contributed by atoms with Crippen molar-refractivity contribution in [3.63, 3.8) is 0 Å². The lowest BCUT2D eigenvalue weighted by Crippen LogP contribution is -2.49. The van der Waals surface area contributed by atoms with Gasteiger partial charge in [0.1, 0.15) is 5.78 Å². The summed E-state index contributed by atoms with van der Waals surface area (Å²) in [5.41, 5.74) is 0. The Morgan fingerprint density at radius 3 is 2.53 bits per heavy atom. The standard InChI is InChI=1S/C15H30O3Si/c1-12(16)9-10-13-14(8-7-11-17-13)18-19(5,6)15(2,3)4/h13-14H,7-11H2,1-6H3/t13-,14+/m1/s1. The SMILES string of the molecule is CC(=O)CC[C@H]1OCCC[C@@H]1O[Si](C)(C)C(C)(C)C. The van der Waals surface area contributed by atoms with Crippen molar-refractivity contribution < 1.29 is 14.0 Å². The predicted octanol–water partition coefficient (Wildman–Crippen LogP) is 3.93. The second kappa shape index (κ2) is 6.51. The van der Waals surface area contributed by atoms with Crippen LogP contribution in [-0.2, 0) is 14.0 Å². The Balaban J connectivity index is 2.64. The van der Waals surface area contributed by atoms with E-state index in [9.17, 15) is 4.79 Å². The summed E-state index contributed by atoms with van der Waals surface area (Å²) in [6, 6.07) is 0. The van der Waals surface area contributed by atoms with Crippen LogP contribution in [0.25, 0.3) is 0 Å². The highest BCUT2D eigenvalue weighted by atomic mass is 28.4. The first-order chi connectivity index (χ1) is 8.63. The van der Waals surface area contributed by atoms with Crippen LogP contribution < -0.4 is 0 Å². The maximum atomic E-state index is 11.1. The van der Waals surface area contributed by atoms with Gasteiger partial charge in [0, 0.05) is 13.0 Å². The third-order valence-corrected chi connectivity index (χ3v) is 8.92. The Kier molecular flexibility index (Phi) is 5.77. The Labute approximate surface area is 119 Å². The molecule has 0 aromatic rings. The minimum absolute atomic E-state index is 0.103. The molecule has 0 spiro atoms. The number of hydrogen-bond acceptors (Lipinski definition) is 3. The molecule has 0 saturated carbocycles. The van der Waals surface area contributed by atoms with E-state index in [4.69, 9.17) is 9.16 Å². The highest BCUT2D eigenvalue weighted by Crippen LogP contribution is 2.39. The molecule has 4 heteroatoms. The van der Waals surface area contributed by atoms with Gasteiger partial charge in [0.25, 0.3) is 0 Å². The maximum Gasteiger partial charge on any atom is 0.192 e. The zero-order valence-corrected chi connectivity index (χ0v) is 14.4. The van der Waals surface area contributed by atoms with Crippen LogP contribution in [0.1, 0.15) is 53.4 Å². The molecule has 0 N–H and O–H groups in total. The van der Waals surface area contributed by atoms with Gasteiger partial charge in [-0.25, -0.2) is 0 Å². The summed E-state index contributed by atoms with van der Waals surface area (Å²) < 4.78 is 12.3. The minimum Gasteiger partial charge on any atom is -0.411 e. The van der Waals surface area contributed by atoms with Gasteiger partial charge in [-0.3, -0.25) is 0 Å². The molecule has 0 amide bonds. The van der Waals surface area contributed by atoms with Crippen LogP contribution >= 0.6 is 0 Å². The van der Waals surface area contributed by atoms with Gasteiger partial charge in [-0.15, -0.1) is 0 Å². The predicted molar refractivity (Wildman–Crippen MR) is 81.0 cm³/mol. The molecule has 0 radical (unpaired) electrons. The molecular formula is C15H30O3Si. The first-order valence-corrected chi connectivity index (χ1v) is 10.3. The highest BCUT2D eigenvalue weighted by molar-refractivity contribution is 6.74. The fourth-order valence-electron chi connectivity index (χ4n) is 2.12. The molecule has 1 heterocycles. The summed E-state index contributed by atoms with van der Waals surface area (Å²) in [5, 5.41) is 0.218. The van der Waals surface area contributed by atoms with Crippen molar-refractivity contribution in [2.75, 3.05) is 6.61 Å². The molecule has 1 saturated heterocycles. The van der Waals surface area contributed by atoms with Crippen LogP contribution in [0, 0.1) is 0 Å². The molecule has 19 heavy (non-hydrogen) atoms. The monoisotopic (exact) mass is 286 g/mol. The maximum absolute atomic E-state index is 11.1. The molecular weight excluding hydrogens is 256 g/mol. The molecule has 0 aromatic heterocycles. The summed E-state index contributed by atoms with van der Waals surface area (Å²) >= 11 is 0. The Hall–Kier alpha value is -0.193. The van der Waals surface area contributed by atoms with E-state index in [1.165, 1.54) is 0 Å². The molecule has 2 atom stereocenters. The van der Waals surface area contributed by atoms with E-state index >= 15 is 0 Å². The number of carbonyl (C=O) groups is 1. The van der Waals surface area contributed by atoms with Crippen molar-refractivity contribution in [2.45, 2.75) is 83.7 Å². The smallest absolute Gasteiger partial charge is 0.192 e. The van der Waals surface area contributed by atoms with Crippen molar-refractivity contribution in [1.29, 1.82) is 0 Å². The third-order valence-electron chi connectivity index (χ3n) is 4.41. The summed E-state index contributed by atoms with van der Waals surface area (Å²) in [6.45, 7) is 13.8. The lowest BCUT2D eigenvalue weighted by Gasteiger charge is -2.42. The molecule has 3 nitrogen and oxygen atoms in total. The second-order valence-corrected chi connectivity index (χ2v) is 12.0. The molecule has 0 aliphatic carbocycles. The van der Waals surface area contributed by atoms with Crippen molar-refractivity contribution in [2.24, 2.45) is 0 Å². The molecule has 1 rings (SSSR count). The molecule has 0 aromatic carbocycles. The molecule has 1 aliphatic heterocycles. The first kappa shape index (κ1) is 16.9. The van der Waals surface area contributed by atoms with Crippen LogP contribution in [0.5, 0.6) is 0 Å². The van der Waals surface area contributed by atoms with Gasteiger partial charge in [0.15, 0.2) is 8.32 Å². The molecule has 1 fully saturated rings. The minimum atomic E-state index is -1.76. The number of hydrogen-bond donors (Lipinski definition) is 0. The largest absolute Gasteiger partial charge is 0.411 e. The van der Waals surface area contributed by atoms with Gasteiger partial charge < -0.3 is 14.0 Å². The van der Waals surface area contributed by atoms with E-state index in [0.717, 1.165) is 25.9 Å². The number of carbonyl (C=O) groups excluding carboxylic acids is 1. The first-order valence-electron chi connectivity index (χ1n) is 7.42. The fourth-order valence-corrected chi connectivity index (χ4v) is 3.50. The van der Waals surface area contributed by atoms with Gasteiger partial charge in [0.2, 0.25) is 0 Å². The van der Waals surface area contributed by atoms with Crippen LogP contribution in [-0.4, -0.2) is 32.9 Å². The number of Topliss-reactive ketones (excluding diaryl/α,β-unsaturated/α-hetero) is 1. The van der Waals surface area contributed by atoms with E-state index in [1.54, 1.807) is 6.92 Å². The van der Waals surface area contributed by atoms with E-state index < -0.39 is 8.32 Å². The van der Waals surface area contributed by atoms with Crippen LogP contribution in [0.4, 0.5) is 0 Å².